The Bertz CT molecular complexity index is 1450. The normalized spacial score (nSPS) is 12.0. The molecule has 3 rings (SSSR count). The molecule has 1 atom stereocenters. The van der Waals surface area contributed by atoms with Crippen molar-refractivity contribution in [2.75, 3.05) is 0 Å². The molecule has 36 heavy (non-hydrogen) atoms. The van der Waals surface area contributed by atoms with Crippen LogP contribution in [0.3, 0.4) is 0 Å². The monoisotopic (exact) mass is 525 g/mol. The number of carbonyl (C=O) groups is 1. The summed E-state index contributed by atoms with van der Waals surface area (Å²) < 4.78 is 41.1. The number of nitrogens with one attached hydrogen (secondary N) is 1. The Morgan fingerprint density at radius 2 is 1.69 bits per heavy atom. The van der Waals surface area contributed by atoms with Crippen molar-refractivity contribution < 1.29 is 22.2 Å². The molecule has 0 bridgehead atoms. The lowest BCUT2D eigenvalue weighted by Gasteiger charge is -2.15. The zero-order chi connectivity index (χ0) is 26.6. The summed E-state index contributed by atoms with van der Waals surface area (Å²) in [7, 11) is -3.92. The van der Waals surface area contributed by atoms with Crippen molar-refractivity contribution in [3.63, 3.8) is 0 Å². The second-order valence-corrected chi connectivity index (χ2v) is 10.5. The van der Waals surface area contributed by atoms with Gasteiger partial charge in [0, 0.05) is 23.6 Å². The Morgan fingerprint density at radius 3 is 2.25 bits per heavy atom. The molecule has 2 aromatic carbocycles. The fourth-order valence-corrected chi connectivity index (χ4v) is 4.85. The van der Waals surface area contributed by atoms with Crippen molar-refractivity contribution in [1.82, 2.24) is 15.3 Å². The lowest BCUT2D eigenvalue weighted by Crippen LogP contribution is -2.38. The van der Waals surface area contributed by atoms with E-state index in [1.807, 2.05) is 6.92 Å². The smallest absolute Gasteiger partial charge is 0.257 e. The number of benzene rings is 2. The molecule has 0 saturated heterocycles. The maximum absolute atomic E-state index is 14.0. The molecule has 0 spiro atoms. The van der Waals surface area contributed by atoms with E-state index in [-0.39, 0.29) is 32.3 Å². The van der Waals surface area contributed by atoms with E-state index in [1.54, 1.807) is 38.1 Å². The molecule has 0 radical (unpaired) electrons. The molecule has 186 valence electrons. The van der Waals surface area contributed by atoms with E-state index >= 15 is 0 Å². The molecule has 3 aromatic rings. The summed E-state index contributed by atoms with van der Waals surface area (Å²) in [6.07, 6.45) is 0.567. The number of amides is 1. The number of sulfone groups is 1. The summed E-state index contributed by atoms with van der Waals surface area (Å²) in [6, 6.07) is 13.2. The molecule has 0 aliphatic carbocycles. The number of nitrogens with zero attached hydrogens (tertiary/aromatic N) is 3. The van der Waals surface area contributed by atoms with Crippen molar-refractivity contribution in [2.45, 2.75) is 38.1 Å². The lowest BCUT2D eigenvalue weighted by molar-refractivity contribution is -0.292. The van der Waals surface area contributed by atoms with Crippen LogP contribution in [0.1, 0.15) is 52.5 Å². The molecule has 10 heteroatoms. The first-order valence-electron chi connectivity index (χ1n) is 11.0. The van der Waals surface area contributed by atoms with Gasteiger partial charge in [-0.1, -0.05) is 37.8 Å². The molecule has 0 saturated carbocycles. The summed E-state index contributed by atoms with van der Waals surface area (Å²) in [4.78, 5) is 20.9. The minimum absolute atomic E-state index is 0.00662. The van der Waals surface area contributed by atoms with Crippen LogP contribution in [0.4, 0.5) is 4.39 Å². The summed E-state index contributed by atoms with van der Waals surface area (Å²) in [5.41, 5.74) is 1.88. The van der Waals surface area contributed by atoms with E-state index in [0.29, 0.717) is 17.8 Å². The third-order valence-electron chi connectivity index (χ3n) is 5.45. The number of aryl methyl sites for hydroxylation is 2. The molecular weight excluding hydrogens is 499 g/mol. The molecular formula is C26H26FN4O3S2+. The molecule has 1 heterocycles. The molecule has 7 nitrogen and oxygen atoms in total. The zero-order valence-corrected chi connectivity index (χ0v) is 21.8. The van der Waals surface area contributed by atoms with Gasteiger partial charge in [0.15, 0.2) is 5.82 Å². The molecule has 1 amide bonds. The highest BCUT2D eigenvalue weighted by Crippen LogP contribution is 2.26. The van der Waals surface area contributed by atoms with Crippen molar-refractivity contribution in [3.05, 3.63) is 95.3 Å². The third-order valence-corrected chi connectivity index (χ3v) is 7.51. The number of hydrogen-bond donors (Lipinski definition) is 1. The standard InChI is InChI=1S/C26H25FN4O3S2/c1-6-23(30-26(35)31(5)25(32)21-9-7-8-10-22(21)27)19-11-13-20(14-12-19)36(33,34)18(4)24-28-16(2)15-17(3)29-24/h7-15,23H,4-6H2,1-3H3/p+1. The van der Waals surface area contributed by atoms with E-state index in [2.05, 4.69) is 28.6 Å². The van der Waals surface area contributed by atoms with Gasteiger partial charge in [-0.05, 0) is 56.2 Å². The summed E-state index contributed by atoms with van der Waals surface area (Å²) in [6.45, 7) is 12.8. The number of thiocarbonyl (C=S) groups is 1. The van der Waals surface area contributed by atoms with E-state index in [9.17, 15) is 17.6 Å². The largest absolute Gasteiger partial charge is 0.351 e. The Hall–Kier alpha value is -3.63. The fraction of sp³-hybridized carbons (Fsp3) is 0.192. The first-order valence-corrected chi connectivity index (χ1v) is 12.9. The molecule has 1 unspecified atom stereocenters. The van der Waals surface area contributed by atoms with Crippen molar-refractivity contribution in [2.24, 2.45) is 0 Å². The summed E-state index contributed by atoms with van der Waals surface area (Å²) in [5.74, 6) is -1.30. The SMILES string of the molecule is C=C(c1nc(C)cc(C)n1)S(=O)(=O)c1ccc(C(CC)NC(=S)[N+](=C)C(=O)c2ccccc2F)cc1. The van der Waals surface area contributed by atoms with Crippen LogP contribution in [0.2, 0.25) is 0 Å². The Balaban J connectivity index is 1.78. The number of rotatable bonds is 7. The quantitative estimate of drug-likeness (QED) is 0.275. The minimum Gasteiger partial charge on any atom is -0.257 e. The van der Waals surface area contributed by atoms with Crippen molar-refractivity contribution in [3.8, 4) is 0 Å². The minimum atomic E-state index is -3.92. The van der Waals surface area contributed by atoms with Gasteiger partial charge in [0.05, 0.1) is 11.6 Å². The topological polar surface area (TPSA) is 92.0 Å². The van der Waals surface area contributed by atoms with Crippen LogP contribution in [0.25, 0.3) is 4.91 Å². The first-order chi connectivity index (χ1) is 16.9. The van der Waals surface area contributed by atoms with Crippen LogP contribution < -0.4 is 5.32 Å². The molecule has 1 N–H and O–H groups in total. The Kier molecular flexibility index (Phi) is 8.21. The fourth-order valence-electron chi connectivity index (χ4n) is 3.51. The van der Waals surface area contributed by atoms with E-state index in [0.717, 1.165) is 10.1 Å². The van der Waals surface area contributed by atoms with Gasteiger partial charge in [-0.2, -0.15) is 4.58 Å². The zero-order valence-electron chi connectivity index (χ0n) is 20.2. The number of halogens is 1. The second kappa shape index (κ2) is 11.0. The van der Waals surface area contributed by atoms with Crippen LogP contribution in [-0.4, -0.2) is 40.7 Å². The molecule has 0 aliphatic rings. The number of carbonyl (C=O) groups excluding carboxylic acids is 1. The summed E-state index contributed by atoms with van der Waals surface area (Å²) >= 11 is 5.32. The van der Waals surface area contributed by atoms with Gasteiger partial charge in [-0.25, -0.2) is 27.6 Å². The van der Waals surface area contributed by atoms with Gasteiger partial charge in [0.25, 0.3) is 0 Å². The maximum atomic E-state index is 14.0. The highest BCUT2D eigenvalue weighted by atomic mass is 32.2. The van der Waals surface area contributed by atoms with Crippen LogP contribution in [0.5, 0.6) is 0 Å². The average Bonchev–Trinajstić information content (AvgIpc) is 2.85. The van der Waals surface area contributed by atoms with Gasteiger partial charge in [0.1, 0.15) is 22.3 Å². The highest BCUT2D eigenvalue weighted by molar-refractivity contribution is 8.00. The Morgan fingerprint density at radius 1 is 1.11 bits per heavy atom. The van der Waals surface area contributed by atoms with Crippen molar-refractivity contribution in [1.29, 1.82) is 0 Å². The van der Waals surface area contributed by atoms with Gasteiger partial charge in [-0.3, -0.25) is 5.32 Å². The van der Waals surface area contributed by atoms with Gasteiger partial charge < -0.3 is 0 Å². The van der Waals surface area contributed by atoms with Crippen LogP contribution in [0, 0.1) is 19.7 Å². The highest BCUT2D eigenvalue weighted by Gasteiger charge is 2.27. The average molecular weight is 526 g/mol. The molecule has 1 aromatic heterocycles. The van der Waals surface area contributed by atoms with E-state index in [4.69, 9.17) is 12.2 Å². The molecule has 0 fully saturated rings. The van der Waals surface area contributed by atoms with E-state index in [1.165, 1.54) is 30.3 Å². The molecule has 0 aliphatic heterocycles. The van der Waals surface area contributed by atoms with Gasteiger partial charge in [0.2, 0.25) is 9.84 Å². The number of hydrogen-bond acceptors (Lipinski definition) is 6. The predicted octanol–water partition coefficient (Wildman–Crippen LogP) is 4.56. The van der Waals surface area contributed by atoms with Crippen LogP contribution in [-0.2, 0) is 9.84 Å². The maximum Gasteiger partial charge on any atom is 0.351 e. The third kappa shape index (κ3) is 5.77. The van der Waals surface area contributed by atoms with Crippen LogP contribution >= 0.6 is 12.2 Å². The van der Waals surface area contributed by atoms with Gasteiger partial charge in [-0.15, -0.1) is 0 Å². The van der Waals surface area contributed by atoms with Gasteiger partial charge >= 0.3 is 11.0 Å². The summed E-state index contributed by atoms with van der Waals surface area (Å²) in [5, 5.41) is 3.04. The number of aromatic nitrogens is 2. The van der Waals surface area contributed by atoms with Crippen molar-refractivity contribution >= 4 is 44.7 Å². The lowest BCUT2D eigenvalue weighted by atomic mass is 10.1. The second-order valence-electron chi connectivity index (χ2n) is 8.09. The van der Waals surface area contributed by atoms with Crippen LogP contribution in [0.15, 0.2) is 66.1 Å². The predicted molar refractivity (Wildman–Crippen MR) is 141 cm³/mol. The Labute approximate surface area is 215 Å². The first kappa shape index (κ1) is 27.0. The van der Waals surface area contributed by atoms with E-state index < -0.39 is 21.6 Å².